The van der Waals surface area contributed by atoms with Crippen LogP contribution in [-0.4, -0.2) is 34.6 Å². The number of ether oxygens (including phenoxy) is 1. The molecule has 1 heterocycles. The summed E-state index contributed by atoms with van der Waals surface area (Å²) in [6.07, 6.45) is 1.05. The van der Waals surface area contributed by atoms with Gasteiger partial charge in [0.1, 0.15) is 6.61 Å². The Morgan fingerprint density at radius 1 is 1.07 bits per heavy atom. The zero-order valence-electron chi connectivity index (χ0n) is 16.1. The van der Waals surface area contributed by atoms with Crippen molar-refractivity contribution in [2.45, 2.75) is 17.0 Å². The van der Waals surface area contributed by atoms with Crippen LogP contribution in [0.2, 0.25) is 0 Å². The van der Waals surface area contributed by atoms with Gasteiger partial charge in [0, 0.05) is 17.9 Å². The number of pyridine rings is 1. The van der Waals surface area contributed by atoms with Gasteiger partial charge in [-0.3, -0.25) is 0 Å². The van der Waals surface area contributed by atoms with Gasteiger partial charge in [0.25, 0.3) is 0 Å². The number of fused-ring (bicyclic) bond motifs is 3. The average Bonchev–Trinajstić information content (AvgIpc) is 3.10. The van der Waals surface area contributed by atoms with Gasteiger partial charge in [-0.05, 0) is 34.4 Å². The van der Waals surface area contributed by atoms with Gasteiger partial charge in [0.05, 0.1) is 11.1 Å². The topological polar surface area (TPSA) is 71.5 Å². The standard InChI is InChI=1S/C23H21N2O3S2/c26-22(30-21-11-5-6-12-24-21)20(14-29)25-23(27)28-13-19-17-9-3-1-7-15(17)16-8-2-4-10-18(16)19/h1-12,19-20,26,29H,13-14H2,(H,25,27)/t20-/m0/s1. The molecule has 2 aromatic carbocycles. The second-order valence-corrected chi connectivity index (χ2v) is 8.22. The molecule has 1 aliphatic carbocycles. The van der Waals surface area contributed by atoms with E-state index in [1.54, 1.807) is 18.3 Å². The summed E-state index contributed by atoms with van der Waals surface area (Å²) in [5.41, 5.74) is 4.66. The summed E-state index contributed by atoms with van der Waals surface area (Å²) in [6, 6.07) is 21.1. The zero-order valence-corrected chi connectivity index (χ0v) is 17.8. The van der Waals surface area contributed by atoms with E-state index in [0.717, 1.165) is 22.9 Å². The number of aliphatic hydroxyl groups excluding tert-OH is 1. The van der Waals surface area contributed by atoms with Crippen LogP contribution >= 0.6 is 24.4 Å². The minimum Gasteiger partial charge on any atom is -0.449 e. The number of carbonyl (C=O) groups excluding carboxylic acids is 1. The number of amides is 1. The van der Waals surface area contributed by atoms with Crippen LogP contribution in [-0.2, 0) is 4.74 Å². The monoisotopic (exact) mass is 437 g/mol. The molecule has 2 N–H and O–H groups in total. The summed E-state index contributed by atoms with van der Waals surface area (Å²) in [4.78, 5) is 16.6. The molecule has 4 rings (SSSR count). The predicted octanol–water partition coefficient (Wildman–Crippen LogP) is 4.87. The largest absolute Gasteiger partial charge is 0.449 e. The normalized spacial score (nSPS) is 13.6. The van der Waals surface area contributed by atoms with E-state index < -0.39 is 12.1 Å². The molecule has 153 valence electrons. The smallest absolute Gasteiger partial charge is 0.407 e. The second kappa shape index (κ2) is 9.55. The Kier molecular flexibility index (Phi) is 6.62. The minimum atomic E-state index is -0.656. The van der Waals surface area contributed by atoms with Gasteiger partial charge in [0.2, 0.25) is 0 Å². The third-order valence-electron chi connectivity index (χ3n) is 4.96. The third kappa shape index (κ3) is 4.48. The summed E-state index contributed by atoms with van der Waals surface area (Å²) < 4.78 is 5.54. The fourth-order valence-corrected chi connectivity index (χ4v) is 4.70. The maximum Gasteiger partial charge on any atom is 0.407 e. The van der Waals surface area contributed by atoms with E-state index in [1.165, 1.54) is 11.1 Å². The van der Waals surface area contributed by atoms with Crippen molar-refractivity contribution in [2.24, 2.45) is 0 Å². The first kappa shape index (κ1) is 20.8. The van der Waals surface area contributed by atoms with E-state index in [-0.39, 0.29) is 23.7 Å². The van der Waals surface area contributed by atoms with Crippen LogP contribution in [0.15, 0.2) is 78.0 Å². The molecule has 30 heavy (non-hydrogen) atoms. The molecule has 7 heteroatoms. The van der Waals surface area contributed by atoms with Crippen molar-refractivity contribution in [3.63, 3.8) is 0 Å². The molecule has 1 atom stereocenters. The Hall–Kier alpha value is -2.48. The van der Waals surface area contributed by atoms with Crippen LogP contribution in [0.1, 0.15) is 17.0 Å². The molecule has 0 bridgehead atoms. The molecule has 5 nitrogen and oxygen atoms in total. The van der Waals surface area contributed by atoms with Crippen LogP contribution < -0.4 is 5.32 Å². The lowest BCUT2D eigenvalue weighted by atomic mass is 9.98. The molecule has 1 radical (unpaired) electrons. The van der Waals surface area contributed by atoms with Crippen LogP contribution in [0.25, 0.3) is 11.1 Å². The van der Waals surface area contributed by atoms with Crippen molar-refractivity contribution in [2.75, 3.05) is 12.4 Å². The molecular weight excluding hydrogens is 416 g/mol. The van der Waals surface area contributed by atoms with E-state index in [2.05, 4.69) is 47.2 Å². The van der Waals surface area contributed by atoms with E-state index in [4.69, 9.17) is 4.74 Å². The Labute approximate surface area is 185 Å². The maximum atomic E-state index is 12.4. The number of rotatable bonds is 7. The van der Waals surface area contributed by atoms with Crippen molar-refractivity contribution in [3.8, 4) is 11.1 Å². The van der Waals surface area contributed by atoms with Crippen molar-refractivity contribution < 1.29 is 14.6 Å². The summed E-state index contributed by atoms with van der Waals surface area (Å²) in [5, 5.41) is 13.7. The highest BCUT2D eigenvalue weighted by Crippen LogP contribution is 2.44. The number of thiol groups is 1. The lowest BCUT2D eigenvalue weighted by molar-refractivity contribution is 0.138. The fraction of sp³-hybridized carbons (Fsp3) is 0.174. The number of aliphatic hydroxyl groups is 1. The fourth-order valence-electron chi connectivity index (χ4n) is 3.55. The number of hydrogen-bond acceptors (Lipinski definition) is 6. The van der Waals surface area contributed by atoms with Crippen molar-refractivity contribution in [3.05, 3.63) is 89.5 Å². The van der Waals surface area contributed by atoms with E-state index in [9.17, 15) is 9.90 Å². The summed E-state index contributed by atoms with van der Waals surface area (Å²) in [6.45, 7) is 0.216. The van der Waals surface area contributed by atoms with Crippen molar-refractivity contribution in [1.29, 1.82) is 0 Å². The SMILES string of the molecule is O=C(N[C@@H](CS)[C](O)Sc1ccccn1)OCC1c2ccccc2-c2ccccc21. The molecule has 1 aromatic heterocycles. The number of hydrogen-bond donors (Lipinski definition) is 3. The minimum absolute atomic E-state index is 0.0113. The number of benzene rings is 2. The van der Waals surface area contributed by atoms with Crippen LogP contribution in [0.5, 0.6) is 0 Å². The highest BCUT2D eigenvalue weighted by Gasteiger charge is 2.30. The predicted molar refractivity (Wildman–Crippen MR) is 121 cm³/mol. The van der Waals surface area contributed by atoms with E-state index in [1.807, 2.05) is 30.3 Å². The first-order valence-corrected chi connectivity index (χ1v) is 11.0. The Bertz CT molecular complexity index is 971. The zero-order chi connectivity index (χ0) is 20.9. The van der Waals surface area contributed by atoms with E-state index in [0.29, 0.717) is 5.03 Å². The first-order chi connectivity index (χ1) is 14.7. The van der Waals surface area contributed by atoms with Gasteiger partial charge in [-0.15, -0.1) is 0 Å². The van der Waals surface area contributed by atoms with E-state index >= 15 is 0 Å². The Morgan fingerprint density at radius 2 is 1.70 bits per heavy atom. The summed E-state index contributed by atoms with van der Waals surface area (Å²) >= 11 is 5.33. The Balaban J connectivity index is 1.38. The molecular formula is C23H21N2O3S2. The highest BCUT2D eigenvalue weighted by molar-refractivity contribution is 8.01. The third-order valence-corrected chi connectivity index (χ3v) is 6.27. The van der Waals surface area contributed by atoms with Gasteiger partial charge in [-0.2, -0.15) is 12.6 Å². The molecule has 0 aliphatic heterocycles. The van der Waals surface area contributed by atoms with Crippen molar-refractivity contribution in [1.82, 2.24) is 10.3 Å². The van der Waals surface area contributed by atoms with Gasteiger partial charge in [-0.25, -0.2) is 9.78 Å². The van der Waals surface area contributed by atoms with Gasteiger partial charge in [-0.1, -0.05) is 66.4 Å². The van der Waals surface area contributed by atoms with Gasteiger partial charge in [0.15, 0.2) is 5.44 Å². The molecule has 0 unspecified atom stereocenters. The molecule has 0 spiro atoms. The average molecular weight is 438 g/mol. The number of nitrogens with zero attached hydrogens (tertiary/aromatic N) is 1. The first-order valence-electron chi connectivity index (χ1n) is 9.54. The molecule has 0 fully saturated rings. The van der Waals surface area contributed by atoms with Crippen LogP contribution in [0, 0.1) is 5.44 Å². The van der Waals surface area contributed by atoms with Gasteiger partial charge >= 0.3 is 6.09 Å². The summed E-state index contributed by atoms with van der Waals surface area (Å²) in [7, 11) is 0. The van der Waals surface area contributed by atoms with Gasteiger partial charge < -0.3 is 15.2 Å². The Morgan fingerprint density at radius 3 is 2.30 bits per heavy atom. The lowest BCUT2D eigenvalue weighted by Gasteiger charge is -2.21. The molecule has 3 aromatic rings. The molecule has 1 aliphatic rings. The molecule has 0 saturated heterocycles. The number of aromatic nitrogens is 1. The number of thioether (sulfide) groups is 1. The lowest BCUT2D eigenvalue weighted by Crippen LogP contribution is -2.40. The van der Waals surface area contributed by atoms with Crippen LogP contribution in [0.3, 0.4) is 0 Å². The van der Waals surface area contributed by atoms with Crippen molar-refractivity contribution >= 4 is 30.5 Å². The number of alkyl carbamates (subject to hydrolysis) is 1. The quantitative estimate of drug-likeness (QED) is 0.363. The van der Waals surface area contributed by atoms with Crippen LogP contribution in [0.4, 0.5) is 4.79 Å². The second-order valence-electron chi connectivity index (χ2n) is 6.81. The summed E-state index contributed by atoms with van der Waals surface area (Å²) in [5.74, 6) is 0.216. The maximum absolute atomic E-state index is 12.4. The highest BCUT2D eigenvalue weighted by atomic mass is 32.2. The molecule has 1 amide bonds. The molecule has 0 saturated carbocycles. The number of carbonyl (C=O) groups is 1. The number of nitrogens with one attached hydrogen (secondary N) is 1.